The van der Waals surface area contributed by atoms with Crippen molar-refractivity contribution in [1.29, 1.82) is 0 Å². The fourth-order valence-electron chi connectivity index (χ4n) is 1.49. The highest BCUT2D eigenvalue weighted by atomic mass is 32.2. The average molecular weight is 260 g/mol. The third-order valence-electron chi connectivity index (χ3n) is 2.31. The quantitative estimate of drug-likeness (QED) is 0.782. The molecule has 0 unspecified atom stereocenters. The molecular weight excluding hydrogens is 244 g/mol. The highest BCUT2D eigenvalue weighted by Crippen LogP contribution is 2.13. The first-order chi connectivity index (χ1) is 7.68. The molecule has 1 fully saturated rings. The number of nitrogens with one attached hydrogen (secondary N) is 1. The Morgan fingerprint density at radius 1 is 1.12 bits per heavy atom. The maximum Gasteiger partial charge on any atom is 0.313 e. The molecule has 2 rings (SSSR count). The Morgan fingerprint density at radius 3 is 2.29 bits per heavy atom. The van der Waals surface area contributed by atoms with E-state index in [-0.39, 0.29) is 10.4 Å². The molecule has 0 radical (unpaired) electrons. The lowest BCUT2D eigenvalue weighted by Crippen LogP contribution is -2.44. The van der Waals surface area contributed by atoms with Crippen LogP contribution in [0.3, 0.4) is 0 Å². The fourth-order valence-corrected chi connectivity index (χ4v) is 2.49. The first kappa shape index (κ1) is 14.1. The minimum atomic E-state index is -3.66. The van der Waals surface area contributed by atoms with E-state index in [0.29, 0.717) is 13.1 Å². The number of rotatable bonds is 3. The second-order valence-corrected chi connectivity index (χ2v) is 5.05. The number of hydrogen-bond acceptors (Lipinski definition) is 5. The summed E-state index contributed by atoms with van der Waals surface area (Å²) in [4.78, 5) is 0.188. The molecular formula is C10H16N2O4S. The fraction of sp³-hybridized carbons (Fsp3) is 0.400. The Hall–Kier alpha value is -0.990. The van der Waals surface area contributed by atoms with Crippen molar-refractivity contribution in [1.82, 2.24) is 10.4 Å². The van der Waals surface area contributed by atoms with Crippen LogP contribution in [0.25, 0.3) is 0 Å². The Bertz CT molecular complexity index is 429. The van der Waals surface area contributed by atoms with Gasteiger partial charge < -0.3 is 10.8 Å². The second kappa shape index (κ2) is 6.08. The summed E-state index contributed by atoms with van der Waals surface area (Å²) in [5.74, 6) is 0. The molecule has 7 heteroatoms. The molecule has 1 aliphatic rings. The lowest BCUT2D eigenvalue weighted by Gasteiger charge is -2.25. The van der Waals surface area contributed by atoms with E-state index in [4.69, 9.17) is 4.28 Å². The molecule has 3 N–H and O–H groups in total. The maximum atomic E-state index is 11.8. The van der Waals surface area contributed by atoms with Crippen molar-refractivity contribution in [2.75, 3.05) is 26.2 Å². The molecule has 0 atom stereocenters. The Labute approximate surface area is 101 Å². The van der Waals surface area contributed by atoms with Gasteiger partial charge in [0.15, 0.2) is 0 Å². The second-order valence-electron chi connectivity index (χ2n) is 3.52. The minimum absolute atomic E-state index is 0. The highest BCUT2D eigenvalue weighted by Gasteiger charge is 2.21. The molecule has 96 valence electrons. The van der Waals surface area contributed by atoms with Crippen LogP contribution in [0, 0.1) is 0 Å². The monoisotopic (exact) mass is 260 g/mol. The van der Waals surface area contributed by atoms with Crippen LogP contribution in [-0.4, -0.2) is 45.1 Å². The summed E-state index contributed by atoms with van der Waals surface area (Å²) in [5, 5.41) is 4.59. The van der Waals surface area contributed by atoms with Gasteiger partial charge in [-0.05, 0) is 12.1 Å². The van der Waals surface area contributed by atoms with Gasteiger partial charge in [0, 0.05) is 26.2 Å². The van der Waals surface area contributed by atoms with Crippen LogP contribution in [0.2, 0.25) is 0 Å². The summed E-state index contributed by atoms with van der Waals surface area (Å²) in [7, 11) is -3.66. The van der Waals surface area contributed by atoms with Gasteiger partial charge >= 0.3 is 10.1 Å². The number of benzene rings is 1. The Kier molecular flexibility index (Phi) is 5.03. The maximum absolute atomic E-state index is 11.8. The van der Waals surface area contributed by atoms with Crippen LogP contribution in [0.15, 0.2) is 35.2 Å². The molecule has 0 amide bonds. The predicted octanol–water partition coefficient (Wildman–Crippen LogP) is -0.613. The lowest BCUT2D eigenvalue weighted by atomic mass is 10.4. The number of nitrogens with zero attached hydrogens (tertiary/aromatic N) is 1. The van der Waals surface area contributed by atoms with Gasteiger partial charge in [-0.2, -0.15) is 17.8 Å². The number of hydroxylamine groups is 2. The van der Waals surface area contributed by atoms with Crippen LogP contribution >= 0.6 is 0 Å². The summed E-state index contributed by atoms with van der Waals surface area (Å²) in [6.45, 7) is 2.63. The van der Waals surface area contributed by atoms with Gasteiger partial charge in [0.25, 0.3) is 0 Å². The van der Waals surface area contributed by atoms with Crippen molar-refractivity contribution < 1.29 is 18.2 Å². The van der Waals surface area contributed by atoms with Crippen LogP contribution < -0.4 is 5.32 Å². The molecule has 1 aromatic rings. The summed E-state index contributed by atoms with van der Waals surface area (Å²) in [5.41, 5.74) is 0. The zero-order chi connectivity index (χ0) is 11.4. The van der Waals surface area contributed by atoms with E-state index in [1.165, 1.54) is 17.2 Å². The molecule has 0 aromatic heterocycles. The Morgan fingerprint density at radius 2 is 1.71 bits per heavy atom. The summed E-state index contributed by atoms with van der Waals surface area (Å²) in [6.07, 6.45) is 0. The third kappa shape index (κ3) is 3.76. The smallest absolute Gasteiger partial charge is 0.313 e. The molecule has 0 saturated carbocycles. The lowest BCUT2D eigenvalue weighted by molar-refractivity contribution is -0.0597. The molecule has 1 saturated heterocycles. The van der Waals surface area contributed by atoms with Crippen molar-refractivity contribution in [2.24, 2.45) is 0 Å². The largest absolute Gasteiger partial charge is 0.412 e. The molecule has 1 aliphatic heterocycles. The van der Waals surface area contributed by atoms with Crippen LogP contribution in [-0.2, 0) is 14.4 Å². The molecule has 0 bridgehead atoms. The standard InChI is InChI=1S/C10H14N2O3S.H2O/c13-16(14,10-4-2-1-3-5-10)15-12-8-6-11-7-9-12;/h1-5,11H,6-9H2;1H2. The van der Waals surface area contributed by atoms with Gasteiger partial charge in [-0.1, -0.05) is 18.2 Å². The van der Waals surface area contributed by atoms with Crippen molar-refractivity contribution in [3.05, 3.63) is 30.3 Å². The van der Waals surface area contributed by atoms with Crippen molar-refractivity contribution in [2.45, 2.75) is 4.90 Å². The van der Waals surface area contributed by atoms with E-state index in [1.54, 1.807) is 18.2 Å². The molecule has 17 heavy (non-hydrogen) atoms. The van der Waals surface area contributed by atoms with E-state index >= 15 is 0 Å². The van der Waals surface area contributed by atoms with Gasteiger partial charge in [-0.3, -0.25) is 0 Å². The first-order valence-corrected chi connectivity index (χ1v) is 6.55. The van der Waals surface area contributed by atoms with Gasteiger partial charge in [0.05, 0.1) is 4.90 Å². The van der Waals surface area contributed by atoms with Crippen molar-refractivity contribution >= 4 is 10.1 Å². The SMILES string of the molecule is O.O=S(=O)(ON1CCNCC1)c1ccccc1. The van der Waals surface area contributed by atoms with Gasteiger partial charge in [-0.25, -0.2) is 0 Å². The van der Waals surface area contributed by atoms with E-state index in [0.717, 1.165) is 13.1 Å². The van der Waals surface area contributed by atoms with Gasteiger partial charge in [-0.15, -0.1) is 0 Å². The van der Waals surface area contributed by atoms with E-state index in [2.05, 4.69) is 5.32 Å². The molecule has 6 nitrogen and oxygen atoms in total. The summed E-state index contributed by atoms with van der Waals surface area (Å²) in [6, 6.07) is 8.17. The molecule has 0 spiro atoms. The zero-order valence-electron chi connectivity index (χ0n) is 9.30. The molecule has 1 heterocycles. The molecule has 0 aliphatic carbocycles. The predicted molar refractivity (Wildman–Crippen MR) is 62.8 cm³/mol. The highest BCUT2D eigenvalue weighted by molar-refractivity contribution is 7.86. The van der Waals surface area contributed by atoms with Crippen LogP contribution in [0.4, 0.5) is 0 Å². The minimum Gasteiger partial charge on any atom is -0.412 e. The first-order valence-electron chi connectivity index (χ1n) is 5.14. The van der Waals surface area contributed by atoms with E-state index in [9.17, 15) is 8.42 Å². The summed E-state index contributed by atoms with van der Waals surface area (Å²) < 4.78 is 28.7. The zero-order valence-corrected chi connectivity index (χ0v) is 10.1. The average Bonchev–Trinajstić information content (AvgIpc) is 2.31. The van der Waals surface area contributed by atoms with E-state index < -0.39 is 10.1 Å². The number of hydrogen-bond donors (Lipinski definition) is 1. The van der Waals surface area contributed by atoms with E-state index in [1.807, 2.05) is 0 Å². The summed E-state index contributed by atoms with van der Waals surface area (Å²) >= 11 is 0. The van der Waals surface area contributed by atoms with Crippen molar-refractivity contribution in [3.8, 4) is 0 Å². The Balaban J connectivity index is 0.00000144. The van der Waals surface area contributed by atoms with Crippen molar-refractivity contribution in [3.63, 3.8) is 0 Å². The van der Waals surface area contributed by atoms with Gasteiger partial charge in [0.2, 0.25) is 0 Å². The normalized spacial score (nSPS) is 17.4. The van der Waals surface area contributed by atoms with Crippen LogP contribution in [0.5, 0.6) is 0 Å². The van der Waals surface area contributed by atoms with Gasteiger partial charge in [0.1, 0.15) is 0 Å². The third-order valence-corrected chi connectivity index (χ3v) is 3.57. The van der Waals surface area contributed by atoms with Crippen LogP contribution in [0.1, 0.15) is 0 Å². The number of piperazine rings is 1. The molecule has 1 aromatic carbocycles. The topological polar surface area (TPSA) is 90.1 Å².